The van der Waals surface area contributed by atoms with Gasteiger partial charge in [0.15, 0.2) is 0 Å². The van der Waals surface area contributed by atoms with Crippen LogP contribution in [-0.2, 0) is 9.59 Å². The largest absolute Gasteiger partial charge is 0.347 e. The lowest BCUT2D eigenvalue weighted by Crippen LogP contribution is -2.33. The van der Waals surface area contributed by atoms with Crippen molar-refractivity contribution in [3.63, 3.8) is 0 Å². The molecule has 0 saturated heterocycles. The third kappa shape index (κ3) is 3.55. The van der Waals surface area contributed by atoms with E-state index in [1.54, 1.807) is 18.3 Å². The molecular weight excluding hydrogens is 218 g/mol. The zero-order valence-electron chi connectivity index (χ0n) is 9.69. The summed E-state index contributed by atoms with van der Waals surface area (Å²) in [7, 11) is 0. The van der Waals surface area contributed by atoms with E-state index in [-0.39, 0.29) is 24.3 Å². The zero-order valence-corrected chi connectivity index (χ0v) is 9.69. The SMILES string of the molecule is Cc1cc(NC(=O)CNC(=O)C2CC2)ccn1. The molecule has 1 aliphatic carbocycles. The van der Waals surface area contributed by atoms with Gasteiger partial charge in [0.05, 0.1) is 6.54 Å². The Kier molecular flexibility index (Phi) is 3.37. The van der Waals surface area contributed by atoms with E-state index in [4.69, 9.17) is 0 Å². The molecule has 1 fully saturated rings. The summed E-state index contributed by atoms with van der Waals surface area (Å²) in [6.07, 6.45) is 3.52. The van der Waals surface area contributed by atoms with E-state index in [1.807, 2.05) is 6.92 Å². The maximum absolute atomic E-state index is 11.5. The van der Waals surface area contributed by atoms with Crippen LogP contribution in [0.3, 0.4) is 0 Å². The van der Waals surface area contributed by atoms with Crippen LogP contribution >= 0.6 is 0 Å². The zero-order chi connectivity index (χ0) is 12.3. The Morgan fingerprint density at radius 2 is 2.24 bits per heavy atom. The van der Waals surface area contributed by atoms with Gasteiger partial charge in [-0.1, -0.05) is 0 Å². The van der Waals surface area contributed by atoms with Crippen molar-refractivity contribution >= 4 is 17.5 Å². The average molecular weight is 233 g/mol. The van der Waals surface area contributed by atoms with Crippen molar-refractivity contribution in [2.45, 2.75) is 19.8 Å². The molecule has 1 aliphatic rings. The quantitative estimate of drug-likeness (QED) is 0.810. The average Bonchev–Trinajstić information content (AvgIpc) is 3.09. The number of carbonyl (C=O) groups excluding carboxylic acids is 2. The van der Waals surface area contributed by atoms with Crippen LogP contribution in [0.4, 0.5) is 5.69 Å². The molecule has 5 heteroatoms. The van der Waals surface area contributed by atoms with Crippen molar-refractivity contribution in [2.75, 3.05) is 11.9 Å². The summed E-state index contributed by atoms with van der Waals surface area (Å²) < 4.78 is 0. The molecule has 2 amide bonds. The van der Waals surface area contributed by atoms with Gasteiger partial charge >= 0.3 is 0 Å². The fourth-order valence-corrected chi connectivity index (χ4v) is 1.49. The molecule has 0 atom stereocenters. The smallest absolute Gasteiger partial charge is 0.243 e. The highest BCUT2D eigenvalue weighted by molar-refractivity contribution is 5.95. The Bertz CT molecular complexity index is 441. The summed E-state index contributed by atoms with van der Waals surface area (Å²) in [5, 5.41) is 5.32. The number of aromatic nitrogens is 1. The van der Waals surface area contributed by atoms with E-state index in [9.17, 15) is 9.59 Å². The Labute approximate surface area is 99.6 Å². The molecular formula is C12H15N3O2. The number of rotatable bonds is 4. The third-order valence-corrected chi connectivity index (χ3v) is 2.55. The monoisotopic (exact) mass is 233 g/mol. The summed E-state index contributed by atoms with van der Waals surface area (Å²) in [5.74, 6) is -0.110. The number of anilines is 1. The maximum Gasteiger partial charge on any atom is 0.243 e. The van der Waals surface area contributed by atoms with Gasteiger partial charge in [-0.05, 0) is 31.9 Å². The van der Waals surface area contributed by atoms with Crippen LogP contribution in [0.5, 0.6) is 0 Å². The highest BCUT2D eigenvalue weighted by Crippen LogP contribution is 2.28. The van der Waals surface area contributed by atoms with Gasteiger partial charge in [0, 0.05) is 23.5 Å². The maximum atomic E-state index is 11.5. The topological polar surface area (TPSA) is 71.1 Å². The standard InChI is InChI=1S/C12H15N3O2/c1-8-6-10(4-5-13-8)15-11(16)7-14-12(17)9-2-3-9/h4-6,9H,2-3,7H2,1H3,(H,14,17)(H,13,15,16). The van der Waals surface area contributed by atoms with Crippen LogP contribution in [0, 0.1) is 12.8 Å². The Balaban J connectivity index is 1.78. The fraction of sp³-hybridized carbons (Fsp3) is 0.417. The van der Waals surface area contributed by atoms with Crippen molar-refractivity contribution in [2.24, 2.45) is 5.92 Å². The second-order valence-electron chi connectivity index (χ2n) is 4.23. The lowest BCUT2D eigenvalue weighted by Gasteiger charge is -2.06. The highest BCUT2D eigenvalue weighted by Gasteiger charge is 2.29. The lowest BCUT2D eigenvalue weighted by atomic mass is 10.3. The van der Waals surface area contributed by atoms with E-state index in [0.29, 0.717) is 5.69 Å². The van der Waals surface area contributed by atoms with Gasteiger partial charge in [-0.2, -0.15) is 0 Å². The van der Waals surface area contributed by atoms with Crippen LogP contribution in [-0.4, -0.2) is 23.3 Å². The molecule has 2 rings (SSSR count). The summed E-state index contributed by atoms with van der Waals surface area (Å²) in [6, 6.07) is 3.49. The first kappa shape index (κ1) is 11.6. The number of nitrogens with zero attached hydrogens (tertiary/aromatic N) is 1. The van der Waals surface area contributed by atoms with Crippen molar-refractivity contribution in [1.82, 2.24) is 10.3 Å². The minimum atomic E-state index is -0.218. The van der Waals surface area contributed by atoms with Crippen LogP contribution in [0.2, 0.25) is 0 Å². The second kappa shape index (κ2) is 4.95. The van der Waals surface area contributed by atoms with Crippen LogP contribution < -0.4 is 10.6 Å². The third-order valence-electron chi connectivity index (χ3n) is 2.55. The van der Waals surface area contributed by atoms with Crippen LogP contribution in [0.15, 0.2) is 18.3 Å². The van der Waals surface area contributed by atoms with Crippen LogP contribution in [0.1, 0.15) is 18.5 Å². The van der Waals surface area contributed by atoms with Crippen LogP contribution in [0.25, 0.3) is 0 Å². The van der Waals surface area contributed by atoms with Gasteiger partial charge in [0.1, 0.15) is 0 Å². The fourth-order valence-electron chi connectivity index (χ4n) is 1.49. The number of hydrogen-bond donors (Lipinski definition) is 2. The van der Waals surface area contributed by atoms with E-state index in [1.165, 1.54) is 0 Å². The first-order valence-electron chi connectivity index (χ1n) is 5.65. The Hall–Kier alpha value is -1.91. The minimum absolute atomic E-state index is 0.0222. The molecule has 0 aliphatic heterocycles. The van der Waals surface area contributed by atoms with Gasteiger partial charge in [-0.25, -0.2) is 0 Å². The van der Waals surface area contributed by atoms with E-state index >= 15 is 0 Å². The summed E-state index contributed by atoms with van der Waals surface area (Å²) in [5.41, 5.74) is 1.54. The molecule has 0 unspecified atom stereocenters. The molecule has 1 saturated carbocycles. The predicted molar refractivity (Wildman–Crippen MR) is 63.3 cm³/mol. The summed E-state index contributed by atoms with van der Waals surface area (Å²) >= 11 is 0. The first-order valence-corrected chi connectivity index (χ1v) is 5.65. The summed E-state index contributed by atoms with van der Waals surface area (Å²) in [4.78, 5) is 26.9. The van der Waals surface area contributed by atoms with Crippen molar-refractivity contribution in [1.29, 1.82) is 0 Å². The van der Waals surface area contributed by atoms with Crippen molar-refractivity contribution in [3.8, 4) is 0 Å². The normalized spacial score (nSPS) is 14.2. The van der Waals surface area contributed by atoms with Crippen molar-refractivity contribution in [3.05, 3.63) is 24.0 Å². The van der Waals surface area contributed by atoms with E-state index in [0.717, 1.165) is 18.5 Å². The Morgan fingerprint density at radius 3 is 2.88 bits per heavy atom. The van der Waals surface area contributed by atoms with Gasteiger partial charge in [-0.3, -0.25) is 14.6 Å². The molecule has 0 radical (unpaired) electrons. The Morgan fingerprint density at radius 1 is 1.47 bits per heavy atom. The molecule has 0 spiro atoms. The molecule has 2 N–H and O–H groups in total. The molecule has 1 aromatic heterocycles. The lowest BCUT2D eigenvalue weighted by molar-refractivity contribution is -0.125. The first-order chi connectivity index (χ1) is 8.15. The van der Waals surface area contributed by atoms with Gasteiger partial charge < -0.3 is 10.6 Å². The van der Waals surface area contributed by atoms with Gasteiger partial charge in [-0.15, -0.1) is 0 Å². The van der Waals surface area contributed by atoms with E-state index in [2.05, 4.69) is 15.6 Å². The molecule has 1 heterocycles. The molecule has 90 valence electrons. The number of carbonyl (C=O) groups is 2. The molecule has 0 bridgehead atoms. The number of pyridine rings is 1. The number of amides is 2. The van der Waals surface area contributed by atoms with Gasteiger partial charge in [0.25, 0.3) is 0 Å². The highest BCUT2D eigenvalue weighted by atomic mass is 16.2. The van der Waals surface area contributed by atoms with Crippen molar-refractivity contribution < 1.29 is 9.59 Å². The molecule has 1 aromatic rings. The van der Waals surface area contributed by atoms with Gasteiger partial charge in [0.2, 0.25) is 11.8 Å². The second-order valence-corrected chi connectivity index (χ2v) is 4.23. The molecule has 5 nitrogen and oxygen atoms in total. The minimum Gasteiger partial charge on any atom is -0.347 e. The number of nitrogens with one attached hydrogen (secondary N) is 2. The predicted octanol–water partition coefficient (Wildman–Crippen LogP) is 0.855. The molecule has 17 heavy (non-hydrogen) atoms. The summed E-state index contributed by atoms with van der Waals surface area (Å²) in [6.45, 7) is 1.88. The number of aryl methyl sites for hydroxylation is 1. The number of hydrogen-bond acceptors (Lipinski definition) is 3. The van der Waals surface area contributed by atoms with E-state index < -0.39 is 0 Å². The molecule has 0 aromatic carbocycles.